The highest BCUT2D eigenvalue weighted by atomic mass is 127. The molecule has 0 aliphatic carbocycles. The van der Waals surface area contributed by atoms with E-state index in [9.17, 15) is 0 Å². The number of ether oxygens (including phenoxy) is 1. The first-order valence-electron chi connectivity index (χ1n) is 5.42. The first-order valence-corrected chi connectivity index (χ1v) is 6.49. The average Bonchev–Trinajstić information content (AvgIpc) is 2.51. The molecule has 0 saturated heterocycles. The summed E-state index contributed by atoms with van der Waals surface area (Å²) in [6.07, 6.45) is 1.40. The van der Waals surface area contributed by atoms with Crippen LogP contribution >= 0.6 is 22.6 Å². The lowest BCUT2D eigenvalue weighted by atomic mass is 10.0. The Balaban J connectivity index is 2.23. The molecular weight excluding hydrogens is 301 g/mol. The molecule has 0 aromatic heterocycles. The van der Waals surface area contributed by atoms with E-state index in [1.54, 1.807) is 0 Å². The van der Waals surface area contributed by atoms with E-state index in [4.69, 9.17) is 4.74 Å². The van der Waals surface area contributed by atoms with Gasteiger partial charge in [-0.1, -0.05) is 6.92 Å². The number of halogens is 1. The highest BCUT2D eigenvalue weighted by molar-refractivity contribution is 14.1. The highest BCUT2D eigenvalue weighted by Gasteiger charge is 2.30. The lowest BCUT2D eigenvalue weighted by Gasteiger charge is -2.16. The Bertz CT molecular complexity index is 353. The Morgan fingerprint density at radius 1 is 1.47 bits per heavy atom. The minimum absolute atomic E-state index is 0.241. The van der Waals surface area contributed by atoms with Crippen molar-refractivity contribution in [3.63, 3.8) is 0 Å². The van der Waals surface area contributed by atoms with Crippen molar-refractivity contribution in [3.8, 4) is 5.75 Å². The van der Waals surface area contributed by atoms with Gasteiger partial charge in [0.25, 0.3) is 0 Å². The maximum Gasteiger partial charge on any atom is 0.124 e. The van der Waals surface area contributed by atoms with Crippen molar-refractivity contribution in [1.29, 1.82) is 0 Å². The Morgan fingerprint density at radius 3 is 3.00 bits per heavy atom. The zero-order valence-corrected chi connectivity index (χ0v) is 11.2. The van der Waals surface area contributed by atoms with Gasteiger partial charge in [0.1, 0.15) is 11.9 Å². The standard InChI is InChI=1S/C12H16INO/c1-3-6-14-12-8(2)15-11-5-4-9(13)7-10(11)12/h4-5,7-8,12,14H,3,6H2,1-2H3. The van der Waals surface area contributed by atoms with Gasteiger partial charge in [0.15, 0.2) is 0 Å². The van der Waals surface area contributed by atoms with Crippen LogP contribution in [0.5, 0.6) is 5.75 Å². The Morgan fingerprint density at radius 2 is 2.27 bits per heavy atom. The van der Waals surface area contributed by atoms with Crippen molar-refractivity contribution < 1.29 is 4.74 Å². The van der Waals surface area contributed by atoms with Gasteiger partial charge in [0.2, 0.25) is 0 Å². The lowest BCUT2D eigenvalue weighted by molar-refractivity contribution is 0.210. The van der Waals surface area contributed by atoms with Gasteiger partial charge in [-0.25, -0.2) is 0 Å². The van der Waals surface area contributed by atoms with E-state index in [1.807, 2.05) is 0 Å². The van der Waals surface area contributed by atoms with E-state index < -0.39 is 0 Å². The van der Waals surface area contributed by atoms with Crippen LogP contribution in [-0.2, 0) is 0 Å². The topological polar surface area (TPSA) is 21.3 Å². The molecule has 3 heteroatoms. The van der Waals surface area contributed by atoms with Crippen LogP contribution in [0.1, 0.15) is 31.9 Å². The summed E-state index contributed by atoms with van der Waals surface area (Å²) in [7, 11) is 0. The molecule has 2 nitrogen and oxygen atoms in total. The van der Waals surface area contributed by atoms with Gasteiger partial charge in [0.05, 0.1) is 6.04 Å². The predicted molar refractivity (Wildman–Crippen MR) is 70.3 cm³/mol. The SMILES string of the molecule is CCCNC1c2cc(I)ccc2OC1C. The third kappa shape index (κ3) is 2.28. The molecule has 2 atom stereocenters. The van der Waals surface area contributed by atoms with Crippen LogP contribution in [-0.4, -0.2) is 12.6 Å². The normalized spacial score (nSPS) is 23.7. The summed E-state index contributed by atoms with van der Waals surface area (Å²) in [6, 6.07) is 6.73. The maximum atomic E-state index is 5.81. The van der Waals surface area contributed by atoms with E-state index in [0.717, 1.165) is 18.7 Å². The second-order valence-corrected chi connectivity index (χ2v) is 5.18. The second kappa shape index (κ2) is 4.70. The molecule has 82 valence electrons. The molecule has 1 aliphatic rings. The molecule has 2 unspecified atom stereocenters. The van der Waals surface area contributed by atoms with Crippen molar-refractivity contribution in [1.82, 2.24) is 5.32 Å². The molecule has 0 spiro atoms. The maximum absolute atomic E-state index is 5.81. The van der Waals surface area contributed by atoms with Gasteiger partial charge in [-0.2, -0.15) is 0 Å². The first kappa shape index (κ1) is 11.2. The molecule has 1 aromatic rings. The monoisotopic (exact) mass is 317 g/mol. The van der Waals surface area contributed by atoms with Crippen molar-refractivity contribution in [2.24, 2.45) is 0 Å². The van der Waals surface area contributed by atoms with Gasteiger partial charge >= 0.3 is 0 Å². The number of fused-ring (bicyclic) bond motifs is 1. The zero-order chi connectivity index (χ0) is 10.8. The fourth-order valence-electron chi connectivity index (χ4n) is 1.97. The van der Waals surface area contributed by atoms with Crippen LogP contribution in [0.15, 0.2) is 18.2 Å². The van der Waals surface area contributed by atoms with Gasteiger partial charge in [0, 0.05) is 9.13 Å². The summed E-state index contributed by atoms with van der Waals surface area (Å²) >= 11 is 2.34. The van der Waals surface area contributed by atoms with Crippen LogP contribution in [0.2, 0.25) is 0 Å². The molecule has 15 heavy (non-hydrogen) atoms. The second-order valence-electron chi connectivity index (χ2n) is 3.94. The summed E-state index contributed by atoms with van der Waals surface area (Å²) in [4.78, 5) is 0. The zero-order valence-electron chi connectivity index (χ0n) is 9.09. The van der Waals surface area contributed by atoms with Gasteiger partial charge in [-0.15, -0.1) is 0 Å². The number of rotatable bonds is 3. The van der Waals surface area contributed by atoms with Crippen molar-refractivity contribution >= 4 is 22.6 Å². The summed E-state index contributed by atoms with van der Waals surface area (Å²) in [5, 5.41) is 3.54. The van der Waals surface area contributed by atoms with Crippen molar-refractivity contribution in [2.45, 2.75) is 32.4 Å². The molecule has 0 saturated carbocycles. The quantitative estimate of drug-likeness (QED) is 0.865. The Labute approximate surface area is 105 Å². The van der Waals surface area contributed by atoms with Crippen LogP contribution < -0.4 is 10.1 Å². The van der Waals surface area contributed by atoms with Crippen molar-refractivity contribution in [2.75, 3.05) is 6.54 Å². The number of nitrogens with one attached hydrogen (secondary N) is 1. The van der Waals surface area contributed by atoms with Crippen LogP contribution in [0.4, 0.5) is 0 Å². The fraction of sp³-hybridized carbons (Fsp3) is 0.500. The smallest absolute Gasteiger partial charge is 0.124 e. The molecule has 2 rings (SSSR count). The van der Waals surface area contributed by atoms with E-state index >= 15 is 0 Å². The Hall–Kier alpha value is -0.290. The average molecular weight is 317 g/mol. The lowest BCUT2D eigenvalue weighted by Crippen LogP contribution is -2.29. The molecule has 1 aromatic carbocycles. The molecule has 0 bridgehead atoms. The number of hydrogen-bond acceptors (Lipinski definition) is 2. The number of benzene rings is 1. The van der Waals surface area contributed by atoms with Crippen LogP contribution in [0, 0.1) is 3.57 Å². The first-order chi connectivity index (χ1) is 7.22. The molecule has 1 aliphatic heterocycles. The van der Waals surface area contributed by atoms with E-state index in [-0.39, 0.29) is 6.10 Å². The summed E-state index contributed by atoms with van der Waals surface area (Å²) in [5.74, 6) is 1.04. The summed E-state index contributed by atoms with van der Waals surface area (Å²) < 4.78 is 7.08. The predicted octanol–water partition coefficient (Wildman–Crippen LogP) is 3.11. The Kier molecular flexibility index (Phi) is 3.51. The third-order valence-corrected chi connectivity index (χ3v) is 3.37. The molecule has 1 heterocycles. The highest BCUT2D eigenvalue weighted by Crippen LogP contribution is 2.37. The fourth-order valence-corrected chi connectivity index (χ4v) is 2.48. The molecule has 1 N–H and O–H groups in total. The van der Waals surface area contributed by atoms with Gasteiger partial charge < -0.3 is 10.1 Å². The molecule has 0 amide bonds. The van der Waals surface area contributed by atoms with Crippen molar-refractivity contribution in [3.05, 3.63) is 27.3 Å². The number of hydrogen-bond donors (Lipinski definition) is 1. The third-order valence-electron chi connectivity index (χ3n) is 2.70. The minimum atomic E-state index is 0.241. The van der Waals surface area contributed by atoms with Gasteiger partial charge in [-0.3, -0.25) is 0 Å². The molecule has 0 radical (unpaired) electrons. The van der Waals surface area contributed by atoms with E-state index in [1.165, 1.54) is 9.13 Å². The summed E-state index contributed by atoms with van der Waals surface area (Å²) in [6.45, 7) is 5.35. The minimum Gasteiger partial charge on any atom is -0.488 e. The summed E-state index contributed by atoms with van der Waals surface area (Å²) in [5.41, 5.74) is 1.31. The van der Waals surface area contributed by atoms with Crippen LogP contribution in [0.3, 0.4) is 0 Å². The molecular formula is C12H16INO. The van der Waals surface area contributed by atoms with Gasteiger partial charge in [-0.05, 0) is 60.7 Å². The van der Waals surface area contributed by atoms with E-state index in [0.29, 0.717) is 6.04 Å². The molecule has 0 fully saturated rings. The van der Waals surface area contributed by atoms with Crippen LogP contribution in [0.25, 0.3) is 0 Å². The van der Waals surface area contributed by atoms with E-state index in [2.05, 4.69) is 60.0 Å². The largest absolute Gasteiger partial charge is 0.488 e.